The van der Waals surface area contributed by atoms with Crippen molar-refractivity contribution in [2.75, 3.05) is 19.8 Å². The summed E-state index contributed by atoms with van der Waals surface area (Å²) < 4.78 is 21.9. The van der Waals surface area contributed by atoms with Crippen molar-refractivity contribution in [1.29, 1.82) is 0 Å². The van der Waals surface area contributed by atoms with E-state index >= 15 is 0 Å². The smallest absolute Gasteiger partial charge is 0.391 e. The zero-order chi connectivity index (χ0) is 29.0. The first-order valence-corrected chi connectivity index (χ1v) is 17.6. The number of nitrogens with two attached hydrogens (primary N) is 1. The highest BCUT2D eigenvalue weighted by molar-refractivity contribution is 7.47. The lowest BCUT2D eigenvalue weighted by atomic mass is 10.0. The molecule has 0 bridgehead atoms. The Hall–Kier alpha value is -0.500. The van der Waals surface area contributed by atoms with E-state index in [1.807, 2.05) is 0 Å². The molecule has 0 rings (SSSR count). The molecule has 0 aromatic rings. The van der Waals surface area contributed by atoms with Gasteiger partial charge in [0.2, 0.25) is 5.91 Å². The third-order valence-electron chi connectivity index (χ3n) is 7.21. The Labute approximate surface area is 240 Å². The normalized spacial score (nSPS) is 14.7. The lowest BCUT2D eigenvalue weighted by Crippen LogP contribution is -2.46. The third-order valence-corrected chi connectivity index (χ3v) is 8.20. The van der Waals surface area contributed by atoms with Gasteiger partial charge in [-0.15, -0.1) is 0 Å². The summed E-state index contributed by atoms with van der Waals surface area (Å²) in [7, 11) is -4.29. The number of unbranched alkanes of at least 4 members (excludes halogenated alkanes) is 18. The summed E-state index contributed by atoms with van der Waals surface area (Å²) in [4.78, 5) is 22.4. The van der Waals surface area contributed by atoms with Gasteiger partial charge in [-0.25, -0.2) is 4.57 Å². The summed E-state index contributed by atoms with van der Waals surface area (Å²) in [5.41, 5.74) is 5.33. The van der Waals surface area contributed by atoms with Crippen molar-refractivity contribution in [2.24, 2.45) is 5.73 Å². The first-order chi connectivity index (χ1) is 18.9. The van der Waals surface area contributed by atoms with E-state index in [1.165, 1.54) is 89.9 Å². The summed E-state index contributed by atoms with van der Waals surface area (Å²) in [5, 5.41) is 13.6. The van der Waals surface area contributed by atoms with Crippen molar-refractivity contribution in [1.82, 2.24) is 5.32 Å². The second kappa shape index (κ2) is 27.7. The molecule has 0 fully saturated rings. The summed E-state index contributed by atoms with van der Waals surface area (Å²) in [5.74, 6) is -0.169. The Kier molecular flexibility index (Phi) is 27.3. The van der Waals surface area contributed by atoms with Gasteiger partial charge in [0.1, 0.15) is 0 Å². The highest BCUT2D eigenvalue weighted by Gasteiger charge is 2.27. The summed E-state index contributed by atoms with van der Waals surface area (Å²) in [6.07, 6.45) is 24.0. The maximum Gasteiger partial charge on any atom is 0.472 e. The first-order valence-electron chi connectivity index (χ1n) is 16.2. The number of hydrogen-bond donors (Lipinski definition) is 4. The number of aliphatic hydroxyl groups excluding tert-OH is 1. The van der Waals surface area contributed by atoms with E-state index in [2.05, 4.69) is 19.2 Å². The van der Waals surface area contributed by atoms with Crippen LogP contribution in [0.2, 0.25) is 0 Å². The van der Waals surface area contributed by atoms with Crippen molar-refractivity contribution in [2.45, 2.75) is 167 Å². The molecule has 0 aromatic carbocycles. The molecule has 0 aliphatic heterocycles. The fourth-order valence-electron chi connectivity index (χ4n) is 4.72. The van der Waals surface area contributed by atoms with Crippen LogP contribution in [0.1, 0.15) is 155 Å². The molecule has 1 unspecified atom stereocenters. The molecule has 0 aliphatic rings. The van der Waals surface area contributed by atoms with E-state index < -0.39 is 20.0 Å². The Balaban J connectivity index is 4.29. The maximum absolute atomic E-state index is 12.5. The number of carbonyl (C=O) groups is 1. The standard InChI is InChI=1S/C30H63N2O6P/c1-3-5-7-9-11-12-13-14-15-16-18-19-21-23-29(33)28(27-38-39(35,36)37-26-25-31)32-30(34)24-22-20-17-10-8-6-4-2/h28-29,33H,3-27,31H2,1-2H3,(H,32,34)(H,35,36)/t28-,29+/m0/s1. The van der Waals surface area contributed by atoms with Crippen molar-refractivity contribution >= 4 is 13.7 Å². The molecule has 9 heteroatoms. The Morgan fingerprint density at radius 2 is 1.18 bits per heavy atom. The highest BCUT2D eigenvalue weighted by atomic mass is 31.2. The number of carbonyl (C=O) groups excluding carboxylic acids is 1. The molecule has 0 aromatic heterocycles. The molecule has 5 N–H and O–H groups in total. The van der Waals surface area contributed by atoms with Crippen LogP contribution in [0.15, 0.2) is 0 Å². The largest absolute Gasteiger partial charge is 0.472 e. The van der Waals surface area contributed by atoms with Crippen LogP contribution in [-0.4, -0.2) is 47.8 Å². The number of phosphoric ester groups is 1. The van der Waals surface area contributed by atoms with Gasteiger partial charge >= 0.3 is 7.82 Å². The number of nitrogens with one attached hydrogen (secondary N) is 1. The topological polar surface area (TPSA) is 131 Å². The van der Waals surface area contributed by atoms with Gasteiger partial charge in [0.15, 0.2) is 0 Å². The van der Waals surface area contributed by atoms with Crippen LogP contribution in [0.3, 0.4) is 0 Å². The van der Waals surface area contributed by atoms with Crippen LogP contribution >= 0.6 is 7.82 Å². The van der Waals surface area contributed by atoms with Gasteiger partial charge in [-0.1, -0.05) is 136 Å². The van der Waals surface area contributed by atoms with E-state index in [4.69, 9.17) is 14.8 Å². The van der Waals surface area contributed by atoms with Crippen LogP contribution in [0.5, 0.6) is 0 Å². The molecule has 0 spiro atoms. The molecule has 0 radical (unpaired) electrons. The molecule has 8 nitrogen and oxygen atoms in total. The molecular weight excluding hydrogens is 515 g/mol. The molecule has 0 heterocycles. The second-order valence-corrected chi connectivity index (χ2v) is 12.5. The molecular formula is C30H63N2O6P. The zero-order valence-electron chi connectivity index (χ0n) is 25.4. The minimum atomic E-state index is -4.29. The van der Waals surface area contributed by atoms with Crippen LogP contribution in [0, 0.1) is 0 Å². The summed E-state index contributed by atoms with van der Waals surface area (Å²) in [6, 6.07) is -0.763. The quantitative estimate of drug-likeness (QED) is 0.0511. The van der Waals surface area contributed by atoms with Crippen molar-refractivity contribution in [3.05, 3.63) is 0 Å². The Morgan fingerprint density at radius 1 is 0.744 bits per heavy atom. The molecule has 3 atom stereocenters. The Bertz CT molecular complexity index is 596. The molecule has 0 saturated heterocycles. The molecule has 0 saturated carbocycles. The van der Waals surface area contributed by atoms with E-state index in [9.17, 15) is 19.4 Å². The summed E-state index contributed by atoms with van der Waals surface area (Å²) in [6.45, 7) is 4.14. The molecule has 39 heavy (non-hydrogen) atoms. The number of hydrogen-bond acceptors (Lipinski definition) is 6. The van der Waals surface area contributed by atoms with Gasteiger partial charge in [0.05, 0.1) is 25.4 Å². The molecule has 1 amide bonds. The lowest BCUT2D eigenvalue weighted by Gasteiger charge is -2.25. The third kappa shape index (κ3) is 26.2. The fraction of sp³-hybridized carbons (Fsp3) is 0.967. The number of amides is 1. The number of phosphoric acid groups is 1. The average molecular weight is 579 g/mol. The maximum atomic E-state index is 12.5. The van der Waals surface area contributed by atoms with E-state index in [1.54, 1.807) is 0 Å². The van der Waals surface area contributed by atoms with Crippen LogP contribution in [0.4, 0.5) is 0 Å². The molecule has 0 aliphatic carbocycles. The highest BCUT2D eigenvalue weighted by Crippen LogP contribution is 2.43. The predicted octanol–water partition coefficient (Wildman–Crippen LogP) is 7.55. The van der Waals surface area contributed by atoms with Crippen molar-refractivity contribution < 1.29 is 28.4 Å². The monoisotopic (exact) mass is 578 g/mol. The van der Waals surface area contributed by atoms with Gasteiger partial charge < -0.3 is 21.1 Å². The van der Waals surface area contributed by atoms with Crippen molar-refractivity contribution in [3.63, 3.8) is 0 Å². The van der Waals surface area contributed by atoms with E-state index in [0.29, 0.717) is 12.8 Å². The van der Waals surface area contributed by atoms with Gasteiger partial charge in [-0.3, -0.25) is 13.8 Å². The molecule has 234 valence electrons. The second-order valence-electron chi connectivity index (χ2n) is 11.0. The Morgan fingerprint density at radius 3 is 1.64 bits per heavy atom. The first kappa shape index (κ1) is 38.5. The van der Waals surface area contributed by atoms with Crippen LogP contribution < -0.4 is 11.1 Å². The minimum absolute atomic E-state index is 0.0915. The van der Waals surface area contributed by atoms with Gasteiger partial charge in [0, 0.05) is 13.0 Å². The van der Waals surface area contributed by atoms with E-state index in [-0.39, 0.29) is 25.7 Å². The lowest BCUT2D eigenvalue weighted by molar-refractivity contribution is -0.123. The van der Waals surface area contributed by atoms with E-state index in [0.717, 1.165) is 38.5 Å². The van der Waals surface area contributed by atoms with Gasteiger partial charge in [-0.2, -0.15) is 0 Å². The number of aliphatic hydroxyl groups is 1. The van der Waals surface area contributed by atoms with Crippen LogP contribution in [0.25, 0.3) is 0 Å². The zero-order valence-corrected chi connectivity index (χ0v) is 26.3. The van der Waals surface area contributed by atoms with Crippen LogP contribution in [-0.2, 0) is 18.4 Å². The van der Waals surface area contributed by atoms with Gasteiger partial charge in [-0.05, 0) is 12.8 Å². The average Bonchev–Trinajstić information content (AvgIpc) is 2.91. The SMILES string of the molecule is CCCCCCCCCCCCCCC[C@@H](O)[C@H](COP(=O)(O)OCCN)NC(=O)CCCCCCCCC. The van der Waals surface area contributed by atoms with Crippen molar-refractivity contribution in [3.8, 4) is 0 Å². The van der Waals surface area contributed by atoms with Gasteiger partial charge in [0.25, 0.3) is 0 Å². The predicted molar refractivity (Wildman–Crippen MR) is 162 cm³/mol. The minimum Gasteiger partial charge on any atom is -0.391 e. The summed E-state index contributed by atoms with van der Waals surface area (Å²) >= 11 is 0. The number of rotatable bonds is 30. The fourth-order valence-corrected chi connectivity index (χ4v) is 5.48.